The van der Waals surface area contributed by atoms with Gasteiger partial charge in [0.05, 0.1) is 6.61 Å². The summed E-state index contributed by atoms with van der Waals surface area (Å²) >= 11 is 0. The van der Waals surface area contributed by atoms with E-state index in [1.54, 1.807) is 27.7 Å². The average molecular weight is 294 g/mol. The Morgan fingerprint density at radius 2 is 2.10 bits per heavy atom. The van der Waals surface area contributed by atoms with E-state index in [-0.39, 0.29) is 30.0 Å². The Kier molecular flexibility index (Phi) is 5.14. The molecule has 3 nitrogen and oxygen atoms in total. The fraction of sp³-hybridized carbons (Fsp3) is 0.588. The van der Waals surface area contributed by atoms with Gasteiger partial charge in [-0.1, -0.05) is 25.7 Å². The first-order chi connectivity index (χ1) is 9.56. The molecule has 0 fully saturated rings. The second-order valence-electron chi connectivity index (χ2n) is 6.17. The van der Waals surface area contributed by atoms with Gasteiger partial charge in [-0.05, 0) is 38.0 Å². The number of carbonyl (C=O) groups excluding carboxylic acids is 1. The molecule has 0 aliphatic heterocycles. The highest BCUT2D eigenvalue weighted by Crippen LogP contribution is 2.46. The van der Waals surface area contributed by atoms with Gasteiger partial charge in [-0.25, -0.2) is 4.39 Å². The van der Waals surface area contributed by atoms with E-state index in [0.29, 0.717) is 5.57 Å². The molecule has 0 aromatic rings. The van der Waals surface area contributed by atoms with Gasteiger partial charge in [0.1, 0.15) is 6.17 Å². The number of aliphatic hydroxyl groups is 2. The molecule has 0 bridgehead atoms. The van der Waals surface area contributed by atoms with Gasteiger partial charge in [0, 0.05) is 17.4 Å². The fourth-order valence-corrected chi connectivity index (χ4v) is 2.70. The first-order valence-corrected chi connectivity index (χ1v) is 6.98. The summed E-state index contributed by atoms with van der Waals surface area (Å²) in [6.45, 7) is 7.92. The molecule has 0 aromatic heterocycles. The van der Waals surface area contributed by atoms with Crippen LogP contribution in [-0.4, -0.2) is 34.4 Å². The largest absolute Gasteiger partial charge is 0.392 e. The van der Waals surface area contributed by atoms with Crippen molar-refractivity contribution in [1.82, 2.24) is 0 Å². The number of ketones is 1. The topological polar surface area (TPSA) is 57.5 Å². The van der Waals surface area contributed by atoms with Crippen molar-refractivity contribution in [2.24, 2.45) is 5.41 Å². The van der Waals surface area contributed by atoms with Gasteiger partial charge in [0.15, 0.2) is 11.4 Å². The first kappa shape index (κ1) is 17.6. The lowest BCUT2D eigenvalue weighted by atomic mass is 9.62. The van der Waals surface area contributed by atoms with Crippen molar-refractivity contribution in [3.8, 4) is 11.8 Å². The Morgan fingerprint density at radius 3 is 2.57 bits per heavy atom. The van der Waals surface area contributed by atoms with Gasteiger partial charge < -0.3 is 10.2 Å². The van der Waals surface area contributed by atoms with Crippen LogP contribution in [0.5, 0.6) is 0 Å². The average Bonchev–Trinajstić information content (AvgIpc) is 2.33. The van der Waals surface area contributed by atoms with Gasteiger partial charge in [-0.2, -0.15) is 0 Å². The molecule has 0 saturated carbocycles. The smallest absolute Gasteiger partial charge is 0.162 e. The number of alkyl halides is 1. The standard InChI is InChI=1S/C17H23FO3/c1-11(7-9-19)6-8-17(21)12(2)15(13(3)18)14(20)10-16(17,4)5/h7,13,19,21H,9-10H2,1-5H3. The van der Waals surface area contributed by atoms with Crippen molar-refractivity contribution in [1.29, 1.82) is 0 Å². The summed E-state index contributed by atoms with van der Waals surface area (Å²) in [6, 6.07) is 0. The minimum atomic E-state index is -1.57. The zero-order valence-corrected chi connectivity index (χ0v) is 13.2. The number of carbonyl (C=O) groups is 1. The molecule has 0 saturated heterocycles. The molecular weight excluding hydrogens is 271 g/mol. The molecule has 2 atom stereocenters. The Hall–Kier alpha value is -1.44. The maximum Gasteiger partial charge on any atom is 0.162 e. The van der Waals surface area contributed by atoms with Gasteiger partial charge in [0.2, 0.25) is 0 Å². The summed E-state index contributed by atoms with van der Waals surface area (Å²) in [7, 11) is 0. The number of hydrogen-bond acceptors (Lipinski definition) is 3. The summed E-state index contributed by atoms with van der Waals surface area (Å²) in [4.78, 5) is 12.1. The molecule has 21 heavy (non-hydrogen) atoms. The lowest BCUT2D eigenvalue weighted by Crippen LogP contribution is -2.50. The van der Waals surface area contributed by atoms with Gasteiger partial charge >= 0.3 is 0 Å². The summed E-state index contributed by atoms with van der Waals surface area (Å²) in [5.74, 6) is 5.29. The van der Waals surface area contributed by atoms with Crippen molar-refractivity contribution < 1.29 is 19.4 Å². The minimum Gasteiger partial charge on any atom is -0.392 e. The van der Waals surface area contributed by atoms with Crippen LogP contribution in [0.2, 0.25) is 0 Å². The van der Waals surface area contributed by atoms with Gasteiger partial charge in [-0.3, -0.25) is 4.79 Å². The Bertz CT molecular complexity index is 558. The summed E-state index contributed by atoms with van der Waals surface area (Å²) < 4.78 is 13.7. The Morgan fingerprint density at radius 1 is 1.52 bits per heavy atom. The number of allylic oxidation sites excluding steroid dienone is 2. The maximum atomic E-state index is 13.7. The molecule has 1 aliphatic carbocycles. The molecule has 0 amide bonds. The van der Waals surface area contributed by atoms with E-state index in [1.807, 2.05) is 0 Å². The summed E-state index contributed by atoms with van der Waals surface area (Å²) in [5, 5.41) is 19.8. The Balaban J connectivity index is 3.47. The van der Waals surface area contributed by atoms with Crippen LogP contribution >= 0.6 is 0 Å². The van der Waals surface area contributed by atoms with Crippen LogP contribution in [0.4, 0.5) is 4.39 Å². The molecule has 0 aromatic carbocycles. The van der Waals surface area contributed by atoms with Crippen LogP contribution in [0, 0.1) is 17.3 Å². The number of hydrogen-bond donors (Lipinski definition) is 2. The van der Waals surface area contributed by atoms with E-state index < -0.39 is 17.2 Å². The predicted molar refractivity (Wildman–Crippen MR) is 80.2 cm³/mol. The fourth-order valence-electron chi connectivity index (χ4n) is 2.70. The highest BCUT2D eigenvalue weighted by atomic mass is 19.1. The molecule has 0 radical (unpaired) electrons. The molecule has 0 spiro atoms. The van der Waals surface area contributed by atoms with Crippen molar-refractivity contribution >= 4 is 5.78 Å². The molecule has 2 N–H and O–H groups in total. The molecular formula is C17H23FO3. The van der Waals surface area contributed by atoms with Crippen molar-refractivity contribution in [3.05, 3.63) is 22.8 Å². The third kappa shape index (κ3) is 3.25. The van der Waals surface area contributed by atoms with Crippen LogP contribution in [-0.2, 0) is 4.79 Å². The predicted octanol–water partition coefficient (Wildman–Crippen LogP) is 2.33. The third-order valence-corrected chi connectivity index (χ3v) is 4.06. The number of Topliss-reactive ketones (excluding diaryl/α,β-unsaturated/α-hetero) is 1. The van der Waals surface area contributed by atoms with E-state index >= 15 is 0 Å². The van der Waals surface area contributed by atoms with Crippen molar-refractivity contribution in [2.75, 3.05) is 6.61 Å². The maximum absolute atomic E-state index is 13.7. The molecule has 1 rings (SSSR count). The second-order valence-corrected chi connectivity index (χ2v) is 6.17. The Labute approximate surface area is 125 Å². The van der Waals surface area contributed by atoms with E-state index in [2.05, 4.69) is 11.8 Å². The summed E-state index contributed by atoms with van der Waals surface area (Å²) in [6.07, 6.45) is 0.132. The highest BCUT2D eigenvalue weighted by molar-refractivity contribution is 5.99. The van der Waals surface area contributed by atoms with Gasteiger partial charge in [0.25, 0.3) is 0 Å². The second kappa shape index (κ2) is 6.13. The zero-order valence-electron chi connectivity index (χ0n) is 13.2. The highest BCUT2D eigenvalue weighted by Gasteiger charge is 2.51. The quantitative estimate of drug-likeness (QED) is 0.769. The molecule has 116 valence electrons. The van der Waals surface area contributed by atoms with Crippen LogP contribution in [0.25, 0.3) is 0 Å². The van der Waals surface area contributed by atoms with Gasteiger partial charge in [-0.15, -0.1) is 0 Å². The van der Waals surface area contributed by atoms with E-state index in [1.165, 1.54) is 13.0 Å². The van der Waals surface area contributed by atoms with E-state index in [4.69, 9.17) is 5.11 Å². The number of aliphatic hydroxyl groups excluding tert-OH is 1. The first-order valence-electron chi connectivity index (χ1n) is 6.98. The number of rotatable bonds is 2. The molecule has 1 aliphatic rings. The molecule has 2 unspecified atom stereocenters. The van der Waals surface area contributed by atoms with Crippen LogP contribution in [0.3, 0.4) is 0 Å². The lowest BCUT2D eigenvalue weighted by Gasteiger charge is -2.44. The van der Waals surface area contributed by atoms with Crippen LogP contribution < -0.4 is 0 Å². The monoisotopic (exact) mass is 294 g/mol. The van der Waals surface area contributed by atoms with E-state index in [9.17, 15) is 14.3 Å². The lowest BCUT2D eigenvalue weighted by molar-refractivity contribution is -0.123. The molecule has 4 heteroatoms. The van der Waals surface area contributed by atoms with Crippen LogP contribution in [0.1, 0.15) is 41.0 Å². The molecule has 0 heterocycles. The minimum absolute atomic E-state index is 0.0231. The van der Waals surface area contributed by atoms with E-state index in [0.717, 1.165) is 0 Å². The zero-order chi connectivity index (χ0) is 16.4. The van der Waals surface area contributed by atoms with Crippen LogP contribution in [0.15, 0.2) is 22.8 Å². The van der Waals surface area contributed by atoms with Crippen molar-refractivity contribution in [3.63, 3.8) is 0 Å². The SMILES string of the molecule is CC(C#CC1(O)C(C)=C(C(C)F)C(=O)CC1(C)C)=CCO. The van der Waals surface area contributed by atoms with Crippen molar-refractivity contribution in [2.45, 2.75) is 52.8 Å². The number of halogens is 1. The summed E-state index contributed by atoms with van der Waals surface area (Å²) in [5.41, 5.74) is -1.46. The normalized spacial score (nSPS) is 27.2. The third-order valence-electron chi connectivity index (χ3n) is 4.06.